The summed E-state index contributed by atoms with van der Waals surface area (Å²) in [5, 5.41) is 1.01. The first-order chi connectivity index (χ1) is 11.3. The molecule has 1 heterocycles. The summed E-state index contributed by atoms with van der Waals surface area (Å²) in [6.45, 7) is 0.680. The second kappa shape index (κ2) is 6.98. The molecule has 1 aromatic heterocycles. The lowest BCUT2D eigenvalue weighted by molar-refractivity contribution is 0.0931. The van der Waals surface area contributed by atoms with Crippen molar-refractivity contribution < 1.29 is 19.0 Å². The molecule has 1 N–H and O–H groups in total. The average Bonchev–Trinajstić information content (AvgIpc) is 2.97. The average molecular weight is 311 g/mol. The monoisotopic (exact) mass is 311 g/mol. The maximum atomic E-state index is 11.7. The van der Waals surface area contributed by atoms with Gasteiger partial charge in [0.1, 0.15) is 12.4 Å². The van der Waals surface area contributed by atoms with E-state index in [0.717, 1.165) is 22.0 Å². The number of ether oxygens (including phenoxy) is 3. The zero-order valence-corrected chi connectivity index (χ0v) is 12.7. The standard InChI is InChI=1S/C18H17NO4/c1-21-11-13-7-8-17-16(9-13)14(10-19-17)12-22-18(20)23-15-5-3-2-4-6-15/h2-10,19H,11-12H2,1H3. The van der Waals surface area contributed by atoms with Gasteiger partial charge in [-0.1, -0.05) is 24.3 Å². The maximum absolute atomic E-state index is 11.7. The Morgan fingerprint density at radius 1 is 1.09 bits per heavy atom. The summed E-state index contributed by atoms with van der Waals surface area (Å²) in [7, 11) is 1.66. The number of benzene rings is 2. The Kier molecular flexibility index (Phi) is 4.59. The first-order valence-corrected chi connectivity index (χ1v) is 7.24. The molecule has 5 heteroatoms. The topological polar surface area (TPSA) is 60.5 Å². The van der Waals surface area contributed by atoms with Crippen molar-refractivity contribution in [3.05, 3.63) is 65.9 Å². The highest BCUT2D eigenvalue weighted by atomic mass is 16.7. The van der Waals surface area contributed by atoms with Crippen molar-refractivity contribution >= 4 is 17.1 Å². The van der Waals surface area contributed by atoms with Gasteiger partial charge in [-0.15, -0.1) is 0 Å². The quantitative estimate of drug-likeness (QED) is 0.571. The number of hydrogen-bond acceptors (Lipinski definition) is 4. The number of para-hydroxylation sites is 1. The lowest BCUT2D eigenvalue weighted by Crippen LogP contribution is -2.10. The van der Waals surface area contributed by atoms with E-state index in [1.54, 1.807) is 31.4 Å². The van der Waals surface area contributed by atoms with Gasteiger partial charge in [-0.05, 0) is 29.8 Å². The summed E-state index contributed by atoms with van der Waals surface area (Å²) in [6.07, 6.45) is 1.11. The zero-order chi connectivity index (χ0) is 16.1. The number of rotatable bonds is 5. The third-order valence-electron chi connectivity index (χ3n) is 3.43. The molecule has 3 rings (SSSR count). The molecule has 0 amide bonds. The molecule has 0 aliphatic heterocycles. The SMILES string of the molecule is COCc1ccc2[nH]cc(COC(=O)Oc3ccccc3)c2c1. The van der Waals surface area contributed by atoms with E-state index in [2.05, 4.69) is 4.98 Å². The number of aromatic nitrogens is 1. The Labute approximate surface area is 133 Å². The van der Waals surface area contributed by atoms with Crippen molar-refractivity contribution in [3.63, 3.8) is 0 Å². The van der Waals surface area contributed by atoms with Crippen molar-refractivity contribution in [2.45, 2.75) is 13.2 Å². The first-order valence-electron chi connectivity index (χ1n) is 7.24. The fourth-order valence-corrected chi connectivity index (χ4v) is 2.35. The van der Waals surface area contributed by atoms with Crippen LogP contribution in [0, 0.1) is 0 Å². The second-order valence-electron chi connectivity index (χ2n) is 5.08. The van der Waals surface area contributed by atoms with Crippen molar-refractivity contribution in [2.24, 2.45) is 0 Å². The van der Waals surface area contributed by atoms with E-state index in [0.29, 0.717) is 12.4 Å². The zero-order valence-electron chi connectivity index (χ0n) is 12.7. The van der Waals surface area contributed by atoms with Gasteiger partial charge in [0.05, 0.1) is 6.61 Å². The van der Waals surface area contributed by atoms with E-state index in [4.69, 9.17) is 14.2 Å². The minimum absolute atomic E-state index is 0.141. The molecular formula is C18H17NO4. The smallest absolute Gasteiger partial charge is 0.429 e. The van der Waals surface area contributed by atoms with Crippen LogP contribution in [0.15, 0.2) is 54.7 Å². The van der Waals surface area contributed by atoms with Gasteiger partial charge in [0.15, 0.2) is 0 Å². The summed E-state index contributed by atoms with van der Waals surface area (Å²) in [5.74, 6) is 0.457. The van der Waals surface area contributed by atoms with Crippen LogP contribution in [-0.2, 0) is 22.7 Å². The van der Waals surface area contributed by atoms with Crippen molar-refractivity contribution in [2.75, 3.05) is 7.11 Å². The molecule has 0 spiro atoms. The number of hydrogen-bond donors (Lipinski definition) is 1. The number of H-pyrrole nitrogens is 1. The number of fused-ring (bicyclic) bond motifs is 1. The molecule has 0 atom stereocenters. The van der Waals surface area contributed by atoms with E-state index >= 15 is 0 Å². The lowest BCUT2D eigenvalue weighted by atomic mass is 10.1. The summed E-state index contributed by atoms with van der Waals surface area (Å²) in [4.78, 5) is 14.9. The van der Waals surface area contributed by atoms with Gasteiger partial charge in [-0.3, -0.25) is 0 Å². The molecule has 0 fully saturated rings. The summed E-state index contributed by atoms with van der Waals surface area (Å²) >= 11 is 0. The first kappa shape index (κ1) is 15.1. The third kappa shape index (κ3) is 3.70. The normalized spacial score (nSPS) is 10.7. The molecule has 5 nitrogen and oxygen atoms in total. The maximum Gasteiger partial charge on any atom is 0.514 e. The van der Waals surface area contributed by atoms with Gasteiger partial charge in [0.25, 0.3) is 0 Å². The molecule has 0 unspecified atom stereocenters. The van der Waals surface area contributed by atoms with Crippen LogP contribution in [0.2, 0.25) is 0 Å². The molecule has 0 saturated heterocycles. The third-order valence-corrected chi connectivity index (χ3v) is 3.43. The molecule has 0 aliphatic carbocycles. The fraction of sp³-hybridized carbons (Fsp3) is 0.167. The van der Waals surface area contributed by atoms with Gasteiger partial charge in [0.2, 0.25) is 0 Å². The number of aromatic amines is 1. The molecule has 2 aromatic carbocycles. The molecule has 3 aromatic rings. The van der Waals surface area contributed by atoms with Crippen molar-refractivity contribution in [3.8, 4) is 5.75 Å². The minimum Gasteiger partial charge on any atom is -0.429 e. The predicted octanol–water partition coefficient (Wildman–Crippen LogP) is 4.03. The predicted molar refractivity (Wildman–Crippen MR) is 86.3 cm³/mol. The molecule has 118 valence electrons. The van der Waals surface area contributed by atoms with Crippen LogP contribution >= 0.6 is 0 Å². The number of methoxy groups -OCH3 is 1. The molecule has 0 bridgehead atoms. The van der Waals surface area contributed by atoms with E-state index in [-0.39, 0.29) is 6.61 Å². The van der Waals surface area contributed by atoms with Crippen molar-refractivity contribution in [1.29, 1.82) is 0 Å². The highest BCUT2D eigenvalue weighted by molar-refractivity contribution is 5.84. The Balaban J connectivity index is 1.67. The van der Waals surface area contributed by atoms with Crippen LogP contribution in [0.4, 0.5) is 4.79 Å². The molecule has 0 radical (unpaired) electrons. The van der Waals surface area contributed by atoms with E-state index < -0.39 is 6.16 Å². The Bertz CT molecular complexity index is 795. The summed E-state index contributed by atoms with van der Waals surface area (Å²) in [5.41, 5.74) is 2.94. The number of carbonyl (C=O) groups is 1. The highest BCUT2D eigenvalue weighted by Gasteiger charge is 2.10. The van der Waals surface area contributed by atoms with E-state index in [1.807, 2.05) is 30.5 Å². The van der Waals surface area contributed by atoms with E-state index in [9.17, 15) is 4.79 Å². The van der Waals surface area contributed by atoms with Gasteiger partial charge < -0.3 is 19.2 Å². The van der Waals surface area contributed by atoms with Crippen LogP contribution in [0.25, 0.3) is 10.9 Å². The Morgan fingerprint density at radius 2 is 1.91 bits per heavy atom. The van der Waals surface area contributed by atoms with Gasteiger partial charge in [0, 0.05) is 29.8 Å². The fourth-order valence-electron chi connectivity index (χ4n) is 2.35. The number of carbonyl (C=O) groups excluding carboxylic acids is 1. The van der Waals surface area contributed by atoms with Crippen LogP contribution < -0.4 is 4.74 Å². The Hall–Kier alpha value is -2.79. The van der Waals surface area contributed by atoms with E-state index in [1.165, 1.54) is 0 Å². The minimum atomic E-state index is -0.724. The van der Waals surface area contributed by atoms with Gasteiger partial charge in [-0.2, -0.15) is 0 Å². The highest BCUT2D eigenvalue weighted by Crippen LogP contribution is 2.21. The van der Waals surface area contributed by atoms with Gasteiger partial charge >= 0.3 is 6.16 Å². The van der Waals surface area contributed by atoms with Crippen LogP contribution in [-0.4, -0.2) is 18.2 Å². The molecular weight excluding hydrogens is 294 g/mol. The Morgan fingerprint density at radius 3 is 2.70 bits per heavy atom. The van der Waals surface area contributed by atoms with Gasteiger partial charge in [-0.25, -0.2) is 4.79 Å². The molecule has 23 heavy (non-hydrogen) atoms. The van der Waals surface area contributed by atoms with Crippen LogP contribution in [0.1, 0.15) is 11.1 Å². The number of nitrogens with one attached hydrogen (secondary N) is 1. The van der Waals surface area contributed by atoms with Crippen LogP contribution in [0.5, 0.6) is 5.75 Å². The molecule has 0 saturated carbocycles. The van der Waals surface area contributed by atoms with Crippen molar-refractivity contribution in [1.82, 2.24) is 4.98 Å². The lowest BCUT2D eigenvalue weighted by Gasteiger charge is -2.06. The second-order valence-corrected chi connectivity index (χ2v) is 5.08. The summed E-state index contributed by atoms with van der Waals surface area (Å²) < 4.78 is 15.4. The summed E-state index contributed by atoms with van der Waals surface area (Å²) in [6, 6.07) is 14.8. The van der Waals surface area contributed by atoms with Crippen LogP contribution in [0.3, 0.4) is 0 Å². The largest absolute Gasteiger partial charge is 0.514 e. The molecule has 0 aliphatic rings.